The molecule has 3 N–H and O–H groups in total. The van der Waals surface area contributed by atoms with Crippen molar-refractivity contribution in [2.75, 3.05) is 18.6 Å². The molecule has 1 amide bonds. The molecule has 0 radical (unpaired) electrons. The van der Waals surface area contributed by atoms with Gasteiger partial charge in [-0.2, -0.15) is 0 Å². The van der Waals surface area contributed by atoms with Gasteiger partial charge in [0, 0.05) is 18.4 Å². The lowest BCUT2D eigenvalue weighted by Gasteiger charge is -2.46. The number of hydrogen-bond acceptors (Lipinski definition) is 8. The summed E-state index contributed by atoms with van der Waals surface area (Å²) >= 11 is 0. The number of para-hydroxylation sites is 1. The van der Waals surface area contributed by atoms with E-state index in [1.807, 2.05) is 0 Å². The second kappa shape index (κ2) is 12.2. The fourth-order valence-corrected chi connectivity index (χ4v) is 5.72. The second-order valence-corrected chi connectivity index (χ2v) is 10.3. The Balaban J connectivity index is 1.52. The Bertz CT molecular complexity index is 1340. The summed E-state index contributed by atoms with van der Waals surface area (Å²) in [6.45, 7) is -0.648. The highest BCUT2D eigenvalue weighted by Crippen LogP contribution is 2.36. The van der Waals surface area contributed by atoms with Crippen LogP contribution in [0.15, 0.2) is 48.7 Å². The van der Waals surface area contributed by atoms with Crippen LogP contribution in [0, 0.1) is 17.5 Å². The number of carbonyl (C=O) groups excluding carboxylic acids is 1. The van der Waals surface area contributed by atoms with Crippen molar-refractivity contribution in [3.8, 4) is 11.3 Å². The number of carbonyl (C=O) groups is 1. The Morgan fingerprint density at radius 2 is 1.80 bits per heavy atom. The van der Waals surface area contributed by atoms with E-state index in [0.29, 0.717) is 18.5 Å². The Labute approximate surface area is 233 Å². The largest absolute Gasteiger partial charge is 0.394 e. The van der Waals surface area contributed by atoms with Gasteiger partial charge in [0.15, 0.2) is 23.6 Å². The summed E-state index contributed by atoms with van der Waals surface area (Å²) in [4.78, 5) is 15.8. The third-order valence-corrected chi connectivity index (χ3v) is 7.78. The Morgan fingerprint density at radius 1 is 1.12 bits per heavy atom. The van der Waals surface area contributed by atoms with Crippen molar-refractivity contribution in [2.24, 2.45) is 0 Å². The molecule has 1 aliphatic heterocycles. The maximum Gasteiger partial charge on any atom is 0.259 e. The van der Waals surface area contributed by atoms with Gasteiger partial charge in [-0.25, -0.2) is 17.9 Å². The standard InChI is InChI=1S/C28H31F3N4O6/c1-40-26-24(34-13-19(32-33-34)15-11-17(29)23(31)18(30)12-15)25(38)22(14-36)41-27(26)28(39)35(16-7-3-2-4-8-16)20-9-5-6-10-21(20)37/h2-4,7-8,11-13,20-22,24-27,36-38H,5-6,9-10,14H2,1H3/t20-,21-,22+,24-,25-,26+,27+/m0/s1. The lowest BCUT2D eigenvalue weighted by Crippen LogP contribution is -2.63. The molecule has 1 saturated heterocycles. The van der Waals surface area contributed by atoms with Crippen LogP contribution >= 0.6 is 0 Å². The van der Waals surface area contributed by atoms with E-state index in [2.05, 4.69) is 10.3 Å². The molecule has 3 aromatic rings. The van der Waals surface area contributed by atoms with Crippen molar-refractivity contribution in [2.45, 2.75) is 68.3 Å². The summed E-state index contributed by atoms with van der Waals surface area (Å²) in [5.41, 5.74) is 0.403. The number of amides is 1. The average molecular weight is 577 g/mol. The number of hydrogen-bond donors (Lipinski definition) is 3. The normalized spacial score (nSPS) is 28.4. The van der Waals surface area contributed by atoms with E-state index >= 15 is 0 Å². The van der Waals surface area contributed by atoms with Crippen molar-refractivity contribution in [1.82, 2.24) is 15.0 Å². The highest BCUT2D eigenvalue weighted by Gasteiger charge is 2.52. The molecule has 2 fully saturated rings. The molecule has 1 aromatic heterocycles. The average Bonchev–Trinajstić information content (AvgIpc) is 3.47. The smallest absolute Gasteiger partial charge is 0.259 e. The molecule has 2 heterocycles. The molecule has 7 atom stereocenters. The van der Waals surface area contributed by atoms with Gasteiger partial charge in [-0.3, -0.25) is 4.79 Å². The predicted octanol–water partition coefficient (Wildman–Crippen LogP) is 2.38. The first-order valence-corrected chi connectivity index (χ1v) is 13.3. The van der Waals surface area contributed by atoms with E-state index < -0.39 is 72.6 Å². The number of aliphatic hydroxyl groups excluding tert-OH is 3. The van der Waals surface area contributed by atoms with Gasteiger partial charge in [0.25, 0.3) is 5.91 Å². The molecule has 2 aliphatic rings. The van der Waals surface area contributed by atoms with Crippen LogP contribution in [-0.4, -0.2) is 86.5 Å². The van der Waals surface area contributed by atoms with E-state index in [1.54, 1.807) is 30.3 Å². The van der Waals surface area contributed by atoms with Gasteiger partial charge in [-0.1, -0.05) is 36.3 Å². The van der Waals surface area contributed by atoms with Gasteiger partial charge in [-0.05, 0) is 37.1 Å². The highest BCUT2D eigenvalue weighted by atomic mass is 19.2. The van der Waals surface area contributed by atoms with Gasteiger partial charge in [0.1, 0.15) is 30.0 Å². The summed E-state index contributed by atoms with van der Waals surface area (Å²) in [5, 5.41) is 40.0. The Hall–Kier alpha value is -3.36. The van der Waals surface area contributed by atoms with Crippen LogP contribution in [0.25, 0.3) is 11.3 Å². The summed E-state index contributed by atoms with van der Waals surface area (Å²) in [7, 11) is 1.32. The second-order valence-electron chi connectivity index (χ2n) is 10.3. The third-order valence-electron chi connectivity index (χ3n) is 7.78. The van der Waals surface area contributed by atoms with Gasteiger partial charge in [0.2, 0.25) is 0 Å². The predicted molar refractivity (Wildman–Crippen MR) is 139 cm³/mol. The number of ether oxygens (including phenoxy) is 2. The summed E-state index contributed by atoms with van der Waals surface area (Å²) in [6, 6.07) is 8.66. The zero-order valence-corrected chi connectivity index (χ0v) is 22.2. The SMILES string of the molecule is CO[C@@H]1[C@@H](n2cc(-c3cc(F)c(F)c(F)c3)nn2)[C@@H](O)[C@@H](CO)O[C@H]1C(=O)N(c1ccccc1)[C@H]1CCCC[C@@H]1O. The molecule has 0 spiro atoms. The molecule has 1 saturated carbocycles. The fourth-order valence-electron chi connectivity index (χ4n) is 5.72. The molecule has 2 aromatic carbocycles. The van der Waals surface area contributed by atoms with Crippen LogP contribution in [-0.2, 0) is 14.3 Å². The first kappa shape index (κ1) is 29.1. The van der Waals surface area contributed by atoms with Crippen LogP contribution in [0.2, 0.25) is 0 Å². The Morgan fingerprint density at radius 3 is 2.44 bits per heavy atom. The summed E-state index contributed by atoms with van der Waals surface area (Å²) in [6.07, 6.45) is -1.98. The first-order chi connectivity index (χ1) is 19.7. The fraction of sp³-hybridized carbons (Fsp3) is 0.464. The van der Waals surface area contributed by atoms with Crippen LogP contribution in [0.5, 0.6) is 0 Å². The van der Waals surface area contributed by atoms with Crippen molar-refractivity contribution < 1.29 is 42.8 Å². The molecular weight excluding hydrogens is 545 g/mol. The zero-order chi connectivity index (χ0) is 29.3. The van der Waals surface area contributed by atoms with Crippen molar-refractivity contribution in [1.29, 1.82) is 0 Å². The van der Waals surface area contributed by atoms with Crippen molar-refractivity contribution >= 4 is 11.6 Å². The van der Waals surface area contributed by atoms with Crippen molar-refractivity contribution in [3.05, 3.63) is 66.1 Å². The van der Waals surface area contributed by atoms with Gasteiger partial charge >= 0.3 is 0 Å². The number of halogens is 3. The number of aliphatic hydroxyl groups is 3. The molecule has 0 unspecified atom stereocenters. The minimum Gasteiger partial charge on any atom is -0.394 e. The zero-order valence-electron chi connectivity index (χ0n) is 22.2. The van der Waals surface area contributed by atoms with E-state index in [-0.39, 0.29) is 11.3 Å². The Kier molecular flexibility index (Phi) is 8.71. The van der Waals surface area contributed by atoms with E-state index in [4.69, 9.17) is 9.47 Å². The van der Waals surface area contributed by atoms with Crippen LogP contribution < -0.4 is 4.90 Å². The highest BCUT2D eigenvalue weighted by molar-refractivity contribution is 5.98. The van der Waals surface area contributed by atoms with Gasteiger partial charge < -0.3 is 29.7 Å². The molecule has 5 rings (SSSR count). The van der Waals surface area contributed by atoms with E-state index in [0.717, 1.165) is 25.0 Å². The number of benzene rings is 2. The molecule has 1 aliphatic carbocycles. The molecule has 10 nitrogen and oxygen atoms in total. The topological polar surface area (TPSA) is 130 Å². The van der Waals surface area contributed by atoms with Crippen LogP contribution in [0.1, 0.15) is 31.7 Å². The third kappa shape index (κ3) is 5.60. The molecule has 0 bridgehead atoms. The number of nitrogens with zero attached hydrogens (tertiary/aromatic N) is 4. The summed E-state index contributed by atoms with van der Waals surface area (Å²) in [5.74, 6) is -4.99. The lowest BCUT2D eigenvalue weighted by molar-refractivity contribution is -0.211. The van der Waals surface area contributed by atoms with Gasteiger partial charge in [0.05, 0.1) is 24.9 Å². The monoisotopic (exact) mass is 576 g/mol. The van der Waals surface area contributed by atoms with E-state index in [9.17, 15) is 33.3 Å². The minimum atomic E-state index is -1.63. The lowest BCUT2D eigenvalue weighted by atomic mass is 9.88. The number of rotatable bonds is 7. The van der Waals surface area contributed by atoms with E-state index in [1.165, 1.54) is 22.9 Å². The number of methoxy groups -OCH3 is 1. The number of aromatic nitrogens is 3. The van der Waals surface area contributed by atoms with Crippen LogP contribution in [0.4, 0.5) is 18.9 Å². The molecule has 220 valence electrons. The van der Waals surface area contributed by atoms with Crippen LogP contribution in [0.3, 0.4) is 0 Å². The summed E-state index contributed by atoms with van der Waals surface area (Å²) < 4.78 is 54.0. The van der Waals surface area contributed by atoms with Crippen molar-refractivity contribution in [3.63, 3.8) is 0 Å². The van der Waals surface area contributed by atoms with Gasteiger partial charge in [-0.15, -0.1) is 5.10 Å². The quantitative estimate of drug-likeness (QED) is 0.366. The first-order valence-electron chi connectivity index (χ1n) is 13.3. The molecule has 13 heteroatoms. The molecular formula is C28H31F3N4O6. The maximum absolute atomic E-state index is 14.3. The number of anilines is 1. The maximum atomic E-state index is 14.3. The molecule has 41 heavy (non-hydrogen) atoms. The minimum absolute atomic E-state index is 0.0315.